The first-order valence-electron chi connectivity index (χ1n) is 4.16. The van der Waals surface area contributed by atoms with Crippen LogP contribution < -0.4 is 0 Å². The highest BCUT2D eigenvalue weighted by molar-refractivity contribution is 6.02. The summed E-state index contributed by atoms with van der Waals surface area (Å²) in [4.78, 5) is 22.2. The molecule has 0 aromatic heterocycles. The van der Waals surface area contributed by atoms with Gasteiger partial charge in [0.25, 0.3) is 0 Å². The molecule has 1 fully saturated rings. The first-order chi connectivity index (χ1) is 5.13. The maximum absolute atomic E-state index is 11.2. The van der Waals surface area contributed by atoms with Gasteiger partial charge in [0.05, 0.1) is 5.92 Å². The van der Waals surface area contributed by atoms with Crippen molar-refractivity contribution in [2.75, 3.05) is 0 Å². The number of carbonyl (C=O) groups excluding carboxylic acids is 2. The largest absolute Gasteiger partial charge is 0.299 e. The van der Waals surface area contributed by atoms with Crippen molar-refractivity contribution >= 4 is 11.6 Å². The standard InChI is InChI=1S/C9H14O2/c1-6-4-3-5-8(11)9(6)7(2)10/h6,9H,3-5H2,1-2H3. The van der Waals surface area contributed by atoms with E-state index in [9.17, 15) is 9.59 Å². The monoisotopic (exact) mass is 154 g/mol. The molecule has 0 N–H and O–H groups in total. The van der Waals surface area contributed by atoms with E-state index in [-0.39, 0.29) is 23.4 Å². The molecule has 2 unspecified atom stereocenters. The van der Waals surface area contributed by atoms with Gasteiger partial charge in [0.2, 0.25) is 0 Å². The molecule has 0 heterocycles. The van der Waals surface area contributed by atoms with Crippen molar-refractivity contribution < 1.29 is 9.59 Å². The lowest BCUT2D eigenvalue weighted by Crippen LogP contribution is -2.31. The third-order valence-corrected chi connectivity index (χ3v) is 2.44. The molecule has 0 aromatic carbocycles. The molecule has 2 heteroatoms. The summed E-state index contributed by atoms with van der Waals surface area (Å²) in [5.74, 6) is 0.177. The average Bonchev–Trinajstić information content (AvgIpc) is 1.85. The van der Waals surface area contributed by atoms with Crippen molar-refractivity contribution in [3.05, 3.63) is 0 Å². The summed E-state index contributed by atoms with van der Waals surface area (Å²) in [5.41, 5.74) is 0. The predicted molar refractivity (Wildman–Crippen MR) is 42.2 cm³/mol. The van der Waals surface area contributed by atoms with Crippen LogP contribution in [0, 0.1) is 11.8 Å². The number of Topliss-reactive ketones (excluding diaryl/α,β-unsaturated/α-hetero) is 2. The lowest BCUT2D eigenvalue weighted by Gasteiger charge is -2.24. The van der Waals surface area contributed by atoms with Gasteiger partial charge in [-0.3, -0.25) is 9.59 Å². The summed E-state index contributed by atoms with van der Waals surface area (Å²) >= 11 is 0. The molecule has 1 aliphatic rings. The fourth-order valence-corrected chi connectivity index (χ4v) is 1.87. The minimum Gasteiger partial charge on any atom is -0.299 e. The minimum atomic E-state index is -0.288. The van der Waals surface area contributed by atoms with Gasteiger partial charge in [-0.1, -0.05) is 6.92 Å². The SMILES string of the molecule is CC(=O)C1C(=O)CCCC1C. The van der Waals surface area contributed by atoms with Crippen molar-refractivity contribution in [3.8, 4) is 0 Å². The van der Waals surface area contributed by atoms with Crippen LogP contribution in [-0.2, 0) is 9.59 Å². The second kappa shape index (κ2) is 3.16. The quantitative estimate of drug-likeness (QED) is 0.537. The van der Waals surface area contributed by atoms with E-state index in [0.29, 0.717) is 6.42 Å². The zero-order valence-corrected chi connectivity index (χ0v) is 7.09. The van der Waals surface area contributed by atoms with Crippen LogP contribution in [-0.4, -0.2) is 11.6 Å². The number of carbonyl (C=O) groups is 2. The molecule has 62 valence electrons. The summed E-state index contributed by atoms with van der Waals surface area (Å²) in [5, 5.41) is 0. The molecule has 0 saturated heterocycles. The van der Waals surface area contributed by atoms with E-state index >= 15 is 0 Å². The van der Waals surface area contributed by atoms with E-state index in [1.165, 1.54) is 6.92 Å². The van der Waals surface area contributed by atoms with Crippen molar-refractivity contribution in [2.45, 2.75) is 33.1 Å². The fourth-order valence-electron chi connectivity index (χ4n) is 1.87. The molecule has 0 spiro atoms. The maximum Gasteiger partial charge on any atom is 0.143 e. The zero-order chi connectivity index (χ0) is 8.43. The molecule has 11 heavy (non-hydrogen) atoms. The Morgan fingerprint density at radius 1 is 1.55 bits per heavy atom. The molecule has 1 rings (SSSR count). The molecule has 1 saturated carbocycles. The minimum absolute atomic E-state index is 0.0437. The van der Waals surface area contributed by atoms with Gasteiger partial charge in [0.1, 0.15) is 11.6 Å². The Morgan fingerprint density at radius 2 is 2.18 bits per heavy atom. The highest BCUT2D eigenvalue weighted by atomic mass is 16.1. The van der Waals surface area contributed by atoms with Gasteiger partial charge >= 0.3 is 0 Å². The predicted octanol–water partition coefficient (Wildman–Crippen LogP) is 1.58. The third-order valence-electron chi connectivity index (χ3n) is 2.44. The second-order valence-corrected chi connectivity index (χ2v) is 3.42. The van der Waals surface area contributed by atoms with Gasteiger partial charge in [0, 0.05) is 6.42 Å². The number of ketones is 2. The van der Waals surface area contributed by atoms with Crippen LogP contribution in [0.5, 0.6) is 0 Å². The van der Waals surface area contributed by atoms with E-state index in [1.54, 1.807) is 0 Å². The summed E-state index contributed by atoms with van der Waals surface area (Å²) in [6, 6.07) is 0. The smallest absolute Gasteiger partial charge is 0.143 e. The van der Waals surface area contributed by atoms with Crippen molar-refractivity contribution in [1.29, 1.82) is 0 Å². The third kappa shape index (κ3) is 1.67. The van der Waals surface area contributed by atoms with Crippen LogP contribution in [0.2, 0.25) is 0 Å². The second-order valence-electron chi connectivity index (χ2n) is 3.42. The topological polar surface area (TPSA) is 34.1 Å². The fraction of sp³-hybridized carbons (Fsp3) is 0.778. The summed E-state index contributed by atoms with van der Waals surface area (Å²) in [6.07, 6.45) is 2.59. The van der Waals surface area contributed by atoms with Crippen molar-refractivity contribution in [1.82, 2.24) is 0 Å². The van der Waals surface area contributed by atoms with Crippen LogP contribution in [0.15, 0.2) is 0 Å². The lowest BCUT2D eigenvalue weighted by molar-refractivity contribution is -0.135. The molecule has 0 amide bonds. The summed E-state index contributed by atoms with van der Waals surface area (Å²) < 4.78 is 0. The highest BCUT2D eigenvalue weighted by Gasteiger charge is 2.31. The molecule has 2 nitrogen and oxygen atoms in total. The van der Waals surface area contributed by atoms with Gasteiger partial charge in [0.15, 0.2) is 0 Å². The zero-order valence-electron chi connectivity index (χ0n) is 7.09. The Hall–Kier alpha value is -0.660. The van der Waals surface area contributed by atoms with Crippen LogP contribution in [0.3, 0.4) is 0 Å². The Balaban J connectivity index is 2.70. The van der Waals surface area contributed by atoms with E-state index in [1.807, 2.05) is 6.92 Å². The van der Waals surface area contributed by atoms with E-state index in [4.69, 9.17) is 0 Å². The Kier molecular flexibility index (Phi) is 2.42. The van der Waals surface area contributed by atoms with Gasteiger partial charge in [-0.25, -0.2) is 0 Å². The Labute approximate surface area is 67.0 Å². The van der Waals surface area contributed by atoms with Crippen LogP contribution in [0.1, 0.15) is 33.1 Å². The molecule has 0 aliphatic heterocycles. The first-order valence-corrected chi connectivity index (χ1v) is 4.16. The Morgan fingerprint density at radius 3 is 2.55 bits per heavy atom. The summed E-state index contributed by atoms with van der Waals surface area (Å²) in [7, 11) is 0. The maximum atomic E-state index is 11.2. The molecule has 0 radical (unpaired) electrons. The lowest BCUT2D eigenvalue weighted by atomic mass is 9.77. The number of hydrogen-bond donors (Lipinski definition) is 0. The average molecular weight is 154 g/mol. The van der Waals surface area contributed by atoms with E-state index < -0.39 is 0 Å². The highest BCUT2D eigenvalue weighted by Crippen LogP contribution is 2.27. The number of hydrogen-bond acceptors (Lipinski definition) is 2. The van der Waals surface area contributed by atoms with Gasteiger partial charge in [-0.15, -0.1) is 0 Å². The van der Waals surface area contributed by atoms with Crippen molar-refractivity contribution in [2.24, 2.45) is 11.8 Å². The van der Waals surface area contributed by atoms with Gasteiger partial charge in [-0.05, 0) is 25.7 Å². The Bertz CT molecular complexity index is 184. The first kappa shape index (κ1) is 8.44. The van der Waals surface area contributed by atoms with Crippen LogP contribution in [0.25, 0.3) is 0 Å². The van der Waals surface area contributed by atoms with E-state index in [2.05, 4.69) is 0 Å². The van der Waals surface area contributed by atoms with Crippen LogP contribution >= 0.6 is 0 Å². The molecule has 2 atom stereocenters. The molecule has 0 aromatic rings. The van der Waals surface area contributed by atoms with Crippen molar-refractivity contribution in [3.63, 3.8) is 0 Å². The van der Waals surface area contributed by atoms with Gasteiger partial charge in [-0.2, -0.15) is 0 Å². The molecular weight excluding hydrogens is 140 g/mol. The van der Waals surface area contributed by atoms with Gasteiger partial charge < -0.3 is 0 Å². The number of rotatable bonds is 1. The molecule has 0 bridgehead atoms. The van der Waals surface area contributed by atoms with Crippen LogP contribution in [0.4, 0.5) is 0 Å². The molecular formula is C9H14O2. The molecule has 1 aliphatic carbocycles. The summed E-state index contributed by atoms with van der Waals surface area (Å²) in [6.45, 7) is 3.51. The van der Waals surface area contributed by atoms with E-state index in [0.717, 1.165) is 12.8 Å². The normalized spacial score (nSPS) is 32.0.